The summed E-state index contributed by atoms with van der Waals surface area (Å²) >= 11 is 0. The van der Waals surface area contributed by atoms with Crippen molar-refractivity contribution in [3.05, 3.63) is 24.2 Å². The molecule has 2 saturated heterocycles. The molecule has 1 aromatic heterocycles. The molecule has 2 aliphatic rings. The fourth-order valence-corrected chi connectivity index (χ4v) is 4.20. The molecule has 0 radical (unpaired) electrons. The summed E-state index contributed by atoms with van der Waals surface area (Å²) in [5, 5.41) is 0. The maximum absolute atomic E-state index is 12.9. The van der Waals surface area contributed by atoms with Gasteiger partial charge in [-0.1, -0.05) is 0 Å². The van der Waals surface area contributed by atoms with Gasteiger partial charge in [-0.3, -0.25) is 24.1 Å². The van der Waals surface area contributed by atoms with Crippen LogP contribution in [0.25, 0.3) is 0 Å². The Kier molecular flexibility index (Phi) is 7.67. The first-order valence-electron chi connectivity index (χ1n) is 10.7. The fraction of sp³-hybridized carbons (Fsp3) is 0.619. The normalized spacial score (nSPS) is 18.4. The molecule has 0 atom stereocenters. The summed E-state index contributed by atoms with van der Waals surface area (Å²) in [5.41, 5.74) is 10.7. The van der Waals surface area contributed by atoms with Crippen molar-refractivity contribution in [1.82, 2.24) is 14.7 Å². The van der Waals surface area contributed by atoms with Crippen molar-refractivity contribution in [1.29, 1.82) is 0 Å². The molecule has 10 nitrogen and oxygen atoms in total. The summed E-state index contributed by atoms with van der Waals surface area (Å²) in [4.78, 5) is 53.6. The van der Waals surface area contributed by atoms with E-state index in [-0.39, 0.29) is 48.6 Å². The number of hydrogen-bond donors (Lipinski definition) is 2. The van der Waals surface area contributed by atoms with Crippen molar-refractivity contribution in [2.75, 3.05) is 39.3 Å². The summed E-state index contributed by atoms with van der Waals surface area (Å²) in [6, 6.07) is 3.57. The molecule has 0 aliphatic carbocycles. The highest BCUT2D eigenvalue weighted by Gasteiger charge is 2.29. The Balaban J connectivity index is 1.57. The molecule has 3 heterocycles. The number of rotatable bonds is 8. The van der Waals surface area contributed by atoms with Gasteiger partial charge in [0.1, 0.15) is 5.76 Å². The lowest BCUT2D eigenvalue weighted by Crippen LogP contribution is -2.49. The second-order valence-electron chi connectivity index (χ2n) is 8.34. The first-order chi connectivity index (χ1) is 14.8. The minimum atomic E-state index is -0.322. The Morgan fingerprint density at radius 1 is 0.871 bits per heavy atom. The van der Waals surface area contributed by atoms with Crippen LogP contribution >= 0.6 is 0 Å². The SMILES string of the molecule is NC(=O)C1CCN(C(=O)CN(CC(=O)N2CCC(C(N)=O)CC2)Cc2ccco2)CC1. The molecular weight excluding hydrogens is 402 g/mol. The Morgan fingerprint density at radius 3 is 1.68 bits per heavy atom. The maximum atomic E-state index is 12.9. The number of piperidine rings is 2. The van der Waals surface area contributed by atoms with Gasteiger partial charge in [0, 0.05) is 38.0 Å². The highest BCUT2D eigenvalue weighted by molar-refractivity contribution is 5.82. The van der Waals surface area contributed by atoms with Crippen LogP contribution in [0.3, 0.4) is 0 Å². The molecule has 4 N–H and O–H groups in total. The van der Waals surface area contributed by atoms with E-state index in [0.29, 0.717) is 64.2 Å². The monoisotopic (exact) mass is 433 g/mol. The third-order valence-electron chi connectivity index (χ3n) is 6.18. The van der Waals surface area contributed by atoms with Crippen molar-refractivity contribution < 1.29 is 23.6 Å². The van der Waals surface area contributed by atoms with E-state index >= 15 is 0 Å². The Hall–Kier alpha value is -2.88. The molecule has 0 spiro atoms. The van der Waals surface area contributed by atoms with Crippen molar-refractivity contribution in [3.63, 3.8) is 0 Å². The highest BCUT2D eigenvalue weighted by atomic mass is 16.3. The summed E-state index contributed by atoms with van der Waals surface area (Å²) in [6.45, 7) is 2.41. The van der Waals surface area contributed by atoms with Gasteiger partial charge in [0.25, 0.3) is 0 Å². The summed E-state index contributed by atoms with van der Waals surface area (Å²) in [7, 11) is 0. The minimum absolute atomic E-state index is 0.0748. The Bertz CT molecular complexity index is 732. The van der Waals surface area contributed by atoms with Gasteiger partial charge in [-0.05, 0) is 37.8 Å². The van der Waals surface area contributed by atoms with Gasteiger partial charge in [-0.2, -0.15) is 0 Å². The highest BCUT2D eigenvalue weighted by Crippen LogP contribution is 2.19. The second-order valence-corrected chi connectivity index (χ2v) is 8.34. The van der Waals surface area contributed by atoms with E-state index in [1.807, 2.05) is 0 Å². The standard InChI is InChI=1S/C21H31N5O5/c22-20(29)15-3-7-25(8-4-15)18(27)13-24(12-17-2-1-11-31-17)14-19(28)26-9-5-16(6-10-26)21(23)30/h1-2,11,15-16H,3-10,12-14H2,(H2,22,29)(H2,23,30). The van der Waals surface area contributed by atoms with Gasteiger partial charge < -0.3 is 25.7 Å². The lowest BCUT2D eigenvalue weighted by Gasteiger charge is -2.34. The van der Waals surface area contributed by atoms with Gasteiger partial charge in [0.05, 0.1) is 25.9 Å². The largest absolute Gasteiger partial charge is 0.468 e. The van der Waals surface area contributed by atoms with Gasteiger partial charge in [0.15, 0.2) is 0 Å². The number of likely N-dealkylation sites (tertiary alicyclic amines) is 2. The van der Waals surface area contributed by atoms with Crippen molar-refractivity contribution >= 4 is 23.6 Å². The van der Waals surface area contributed by atoms with Crippen LogP contribution in [0.2, 0.25) is 0 Å². The maximum Gasteiger partial charge on any atom is 0.236 e. The number of furan rings is 1. The molecule has 2 aliphatic heterocycles. The molecule has 0 unspecified atom stereocenters. The van der Waals surface area contributed by atoms with Gasteiger partial charge in [-0.25, -0.2) is 0 Å². The number of primary amides is 2. The topological polar surface area (TPSA) is 143 Å². The number of nitrogens with two attached hydrogens (primary N) is 2. The fourth-order valence-electron chi connectivity index (χ4n) is 4.20. The van der Waals surface area contributed by atoms with E-state index < -0.39 is 0 Å². The Morgan fingerprint density at radius 2 is 1.32 bits per heavy atom. The van der Waals surface area contributed by atoms with Crippen LogP contribution in [-0.4, -0.2) is 77.6 Å². The number of carbonyl (C=O) groups excluding carboxylic acids is 4. The van der Waals surface area contributed by atoms with E-state index in [1.54, 1.807) is 33.1 Å². The third-order valence-corrected chi connectivity index (χ3v) is 6.18. The zero-order valence-electron chi connectivity index (χ0n) is 17.7. The first kappa shape index (κ1) is 22.8. The van der Waals surface area contributed by atoms with Gasteiger partial charge >= 0.3 is 0 Å². The lowest BCUT2D eigenvalue weighted by molar-refractivity contribution is -0.139. The number of nitrogens with zero attached hydrogens (tertiary/aromatic N) is 3. The van der Waals surface area contributed by atoms with Crippen LogP contribution in [0.4, 0.5) is 0 Å². The lowest BCUT2D eigenvalue weighted by atomic mass is 9.96. The number of amides is 4. The molecule has 2 fully saturated rings. The molecule has 4 amide bonds. The molecule has 31 heavy (non-hydrogen) atoms. The molecule has 0 aromatic carbocycles. The van der Waals surface area contributed by atoms with Crippen molar-refractivity contribution in [2.45, 2.75) is 32.2 Å². The zero-order valence-corrected chi connectivity index (χ0v) is 17.7. The molecule has 0 saturated carbocycles. The molecule has 170 valence electrons. The molecule has 10 heteroatoms. The van der Waals surface area contributed by atoms with Crippen LogP contribution < -0.4 is 11.5 Å². The van der Waals surface area contributed by atoms with Crippen LogP contribution in [0.15, 0.2) is 22.8 Å². The summed E-state index contributed by atoms with van der Waals surface area (Å²) < 4.78 is 5.40. The molecule has 1 aromatic rings. The van der Waals surface area contributed by atoms with E-state index in [9.17, 15) is 19.2 Å². The average Bonchev–Trinajstić information content (AvgIpc) is 3.26. The summed E-state index contributed by atoms with van der Waals surface area (Å²) in [6.07, 6.45) is 3.81. The predicted molar refractivity (Wildman–Crippen MR) is 111 cm³/mol. The quantitative estimate of drug-likeness (QED) is 0.567. The number of hydrogen-bond acceptors (Lipinski definition) is 6. The van der Waals surface area contributed by atoms with Gasteiger partial charge in [0.2, 0.25) is 23.6 Å². The van der Waals surface area contributed by atoms with Crippen LogP contribution in [0, 0.1) is 11.8 Å². The third kappa shape index (κ3) is 6.30. The van der Waals surface area contributed by atoms with E-state index in [0.717, 1.165) is 0 Å². The molecule has 0 bridgehead atoms. The van der Waals surface area contributed by atoms with Gasteiger partial charge in [-0.15, -0.1) is 0 Å². The smallest absolute Gasteiger partial charge is 0.236 e. The zero-order chi connectivity index (χ0) is 22.4. The number of carbonyl (C=O) groups is 4. The van der Waals surface area contributed by atoms with E-state index in [2.05, 4.69) is 0 Å². The van der Waals surface area contributed by atoms with E-state index in [4.69, 9.17) is 15.9 Å². The van der Waals surface area contributed by atoms with Crippen LogP contribution in [-0.2, 0) is 25.7 Å². The molecular formula is C21H31N5O5. The molecule has 3 rings (SSSR count). The second kappa shape index (κ2) is 10.4. The average molecular weight is 434 g/mol. The van der Waals surface area contributed by atoms with Crippen LogP contribution in [0.1, 0.15) is 31.4 Å². The minimum Gasteiger partial charge on any atom is -0.468 e. The predicted octanol–water partition coefficient (Wildman–Crippen LogP) is -0.471. The van der Waals surface area contributed by atoms with Crippen LogP contribution in [0.5, 0.6) is 0 Å². The first-order valence-corrected chi connectivity index (χ1v) is 10.7. The van der Waals surface area contributed by atoms with Crippen molar-refractivity contribution in [2.24, 2.45) is 23.3 Å². The van der Waals surface area contributed by atoms with Crippen molar-refractivity contribution in [3.8, 4) is 0 Å². The van der Waals surface area contributed by atoms with E-state index in [1.165, 1.54) is 0 Å². The summed E-state index contributed by atoms with van der Waals surface area (Å²) in [5.74, 6) is -0.527. The Labute approximate surface area is 181 Å².